The van der Waals surface area contributed by atoms with Gasteiger partial charge in [-0.15, -0.1) is 0 Å². The van der Waals surface area contributed by atoms with Crippen LogP contribution in [0.4, 0.5) is 0 Å². The monoisotopic (exact) mass is 758 g/mol. The smallest absolute Gasteiger partial charge is 0.242 e. The normalized spacial score (nSPS) is 17.8. The molecule has 2 aliphatic rings. The molecule has 1 aromatic heterocycles. The average molecular weight is 759 g/mol. The third-order valence-corrected chi connectivity index (χ3v) is 12.6. The Bertz CT molecular complexity index is 1770. The van der Waals surface area contributed by atoms with Gasteiger partial charge < -0.3 is 30.3 Å². The molecule has 1 heterocycles. The number of aliphatic hydroxyl groups is 5. The van der Waals surface area contributed by atoms with Gasteiger partial charge in [0.2, 0.25) is 10.0 Å². The van der Waals surface area contributed by atoms with Crippen molar-refractivity contribution in [3.8, 4) is 16.9 Å². The first kappa shape index (κ1) is 40.2. The third-order valence-electron chi connectivity index (χ3n) is 10.4. The molecule has 284 valence electrons. The van der Waals surface area contributed by atoms with Crippen molar-refractivity contribution in [2.75, 3.05) is 26.8 Å². The van der Waals surface area contributed by atoms with Gasteiger partial charge in [0.1, 0.15) is 23.7 Å². The molecule has 0 aliphatic heterocycles. The van der Waals surface area contributed by atoms with E-state index in [1.165, 1.54) is 23.0 Å². The number of nitrogens with zero attached hydrogens (tertiary/aromatic N) is 2. The Morgan fingerprint density at radius 2 is 1.75 bits per heavy atom. The van der Waals surface area contributed by atoms with E-state index in [0.717, 1.165) is 54.5 Å². The number of pyridine rings is 1. The van der Waals surface area contributed by atoms with Crippen molar-refractivity contribution in [3.63, 3.8) is 0 Å². The molecule has 52 heavy (non-hydrogen) atoms. The van der Waals surface area contributed by atoms with E-state index in [9.17, 15) is 33.6 Å². The van der Waals surface area contributed by atoms with Crippen LogP contribution in [0.5, 0.6) is 5.75 Å². The fourth-order valence-corrected chi connectivity index (χ4v) is 8.20. The van der Waals surface area contributed by atoms with Crippen LogP contribution in [0, 0.1) is 5.92 Å². The number of aryl methyl sites for hydroxylation is 1. The van der Waals surface area contributed by atoms with Gasteiger partial charge in [0.05, 0.1) is 23.7 Å². The summed E-state index contributed by atoms with van der Waals surface area (Å²) in [5, 5.41) is 48.7. The number of carbonyl (C=O) groups excluding carboxylic acids is 1. The van der Waals surface area contributed by atoms with Crippen LogP contribution in [0.2, 0.25) is 5.02 Å². The van der Waals surface area contributed by atoms with Gasteiger partial charge in [0, 0.05) is 61.9 Å². The van der Waals surface area contributed by atoms with Gasteiger partial charge in [-0.05, 0) is 104 Å². The molecule has 2 aliphatic carbocycles. The molecule has 0 bridgehead atoms. The maximum atomic E-state index is 13.6. The molecule has 0 radical (unpaired) electrons. The van der Waals surface area contributed by atoms with E-state index in [-0.39, 0.29) is 41.6 Å². The first-order valence-corrected chi connectivity index (χ1v) is 19.9. The Hall–Kier alpha value is -2.94. The zero-order valence-electron chi connectivity index (χ0n) is 29.6. The number of rotatable bonds is 22. The van der Waals surface area contributed by atoms with Crippen molar-refractivity contribution in [2.24, 2.45) is 5.92 Å². The van der Waals surface area contributed by atoms with E-state index in [0.29, 0.717) is 30.7 Å². The van der Waals surface area contributed by atoms with Crippen LogP contribution in [0.3, 0.4) is 0 Å². The largest absolute Gasteiger partial charge is 0.490 e. The molecule has 2 fully saturated rings. The number of ketones is 1. The minimum Gasteiger partial charge on any atom is -0.490 e. The molecule has 0 spiro atoms. The van der Waals surface area contributed by atoms with Gasteiger partial charge in [-0.1, -0.05) is 36.2 Å². The number of ether oxygens (including phenoxy) is 1. The molecule has 0 saturated heterocycles. The lowest BCUT2D eigenvalue weighted by Crippen LogP contribution is -2.45. The van der Waals surface area contributed by atoms with Crippen molar-refractivity contribution in [1.82, 2.24) is 9.29 Å². The zero-order chi connectivity index (χ0) is 37.5. The number of carbonyl (C=O) groups is 1. The van der Waals surface area contributed by atoms with E-state index in [2.05, 4.69) is 17.1 Å². The molecule has 0 amide bonds. The summed E-state index contributed by atoms with van der Waals surface area (Å²) >= 11 is 6.63. The molecule has 0 unspecified atom stereocenters. The number of hydrogen-bond donors (Lipinski definition) is 5. The lowest BCUT2D eigenvalue weighted by atomic mass is 9.85. The molecular formula is C39H51ClN2O9S. The number of Topliss-reactive ketones (excluding diaryl/α,β-unsaturated/α-hetero) is 1. The predicted molar refractivity (Wildman–Crippen MR) is 198 cm³/mol. The van der Waals surface area contributed by atoms with Crippen LogP contribution in [0.1, 0.15) is 75.3 Å². The van der Waals surface area contributed by atoms with E-state index in [1.54, 1.807) is 12.1 Å². The van der Waals surface area contributed by atoms with Gasteiger partial charge in [0.15, 0.2) is 0 Å². The van der Waals surface area contributed by atoms with Crippen molar-refractivity contribution >= 4 is 27.4 Å². The maximum Gasteiger partial charge on any atom is 0.242 e. The van der Waals surface area contributed by atoms with Gasteiger partial charge in [-0.3, -0.25) is 9.78 Å². The summed E-state index contributed by atoms with van der Waals surface area (Å²) in [5.41, 5.74) is 4.02. The molecule has 2 saturated carbocycles. The first-order chi connectivity index (χ1) is 24.9. The Labute approximate surface area is 311 Å². The fourth-order valence-electron chi connectivity index (χ4n) is 6.73. The van der Waals surface area contributed by atoms with Gasteiger partial charge in [-0.2, -0.15) is 0 Å². The number of halogens is 1. The third kappa shape index (κ3) is 9.97. The zero-order valence-corrected chi connectivity index (χ0v) is 31.2. The first-order valence-electron chi connectivity index (χ1n) is 18.1. The Morgan fingerprint density at radius 3 is 2.44 bits per heavy atom. The summed E-state index contributed by atoms with van der Waals surface area (Å²) in [5.74, 6) is -0.339. The second-order valence-corrected chi connectivity index (χ2v) is 16.8. The number of unbranched alkanes of at least 4 members (excludes halogenated alkanes) is 2. The van der Waals surface area contributed by atoms with Crippen molar-refractivity contribution < 1.29 is 43.5 Å². The number of aromatic nitrogens is 1. The minimum atomic E-state index is -3.80. The molecule has 2 aromatic carbocycles. The Balaban J connectivity index is 1.15. The number of para-hydroxylation sites is 1. The van der Waals surface area contributed by atoms with Crippen molar-refractivity contribution in [2.45, 2.75) is 105 Å². The lowest BCUT2D eigenvalue weighted by Gasteiger charge is -2.27. The van der Waals surface area contributed by atoms with E-state index in [1.807, 2.05) is 30.6 Å². The molecule has 5 rings (SSSR count). The lowest BCUT2D eigenvalue weighted by molar-refractivity contribution is -0.127. The molecule has 5 N–H and O–H groups in total. The molecule has 11 nitrogen and oxygen atoms in total. The summed E-state index contributed by atoms with van der Waals surface area (Å²) in [7, 11) is -2.27. The Kier molecular flexibility index (Phi) is 13.9. The quantitative estimate of drug-likeness (QED) is 0.0922. The van der Waals surface area contributed by atoms with Gasteiger partial charge >= 0.3 is 0 Å². The van der Waals surface area contributed by atoms with Crippen molar-refractivity contribution in [3.05, 3.63) is 77.1 Å². The van der Waals surface area contributed by atoms with Crippen molar-refractivity contribution in [1.29, 1.82) is 0 Å². The summed E-state index contributed by atoms with van der Waals surface area (Å²) < 4.78 is 34.7. The number of sulfonamides is 1. The van der Waals surface area contributed by atoms with Crippen LogP contribution in [0.15, 0.2) is 65.8 Å². The summed E-state index contributed by atoms with van der Waals surface area (Å²) in [6, 6.07) is 15.0. The topological polar surface area (TPSA) is 178 Å². The number of benzene rings is 2. The van der Waals surface area contributed by atoms with Crippen LogP contribution in [0.25, 0.3) is 11.1 Å². The second kappa shape index (κ2) is 17.9. The highest BCUT2D eigenvalue weighted by molar-refractivity contribution is 7.89. The second-order valence-electron chi connectivity index (χ2n) is 14.3. The standard InChI is InChI=1S/C39H51ClN2O9S/c1-42(20-6-2-3-7-28(45)21-27(24-43)37(47)38(48)35(46)25-44)52(49,50)30-12-13-34(40)26(22-30)14-16-39(17-18-39)33-23-41-19-15-31(33)32-8-4-5-9-36(32)51-29-10-11-29/h4-5,8-9,12-13,15,19,22-23,27,29,35,37-38,43-44,46-48H,2-3,6-7,10-11,14,16-18,20-21,24-25H2,1H3/t27-,35+,37+,38+/m0/s1. The summed E-state index contributed by atoms with van der Waals surface area (Å²) in [6.45, 7) is -1.10. The average Bonchev–Trinajstić information content (AvgIpc) is 4.10. The van der Waals surface area contributed by atoms with Gasteiger partial charge in [-0.25, -0.2) is 12.7 Å². The van der Waals surface area contributed by atoms with Crippen LogP contribution >= 0.6 is 11.6 Å². The van der Waals surface area contributed by atoms with E-state index < -0.39 is 47.5 Å². The number of hydrogen-bond acceptors (Lipinski definition) is 10. The SMILES string of the molecule is CN(CCCCCC(=O)C[C@@H](CO)[C@@H](O)[C@H](O)[C@H](O)CO)S(=O)(=O)c1ccc(Cl)c(CCC2(c3cnccc3-c3ccccc3OC3CC3)CC2)c1. The van der Waals surface area contributed by atoms with Crippen LogP contribution in [-0.2, 0) is 26.7 Å². The molecule has 4 atom stereocenters. The fraction of sp³-hybridized carbons (Fsp3) is 0.538. The molecule has 13 heteroatoms. The minimum absolute atomic E-state index is 0.0882. The molecule has 3 aromatic rings. The predicted octanol–water partition coefficient (Wildman–Crippen LogP) is 4.43. The molecular weight excluding hydrogens is 708 g/mol. The van der Waals surface area contributed by atoms with Crippen LogP contribution < -0.4 is 4.74 Å². The van der Waals surface area contributed by atoms with Crippen LogP contribution in [-0.4, -0.2) is 100 Å². The number of aliphatic hydroxyl groups excluding tert-OH is 5. The highest BCUT2D eigenvalue weighted by Crippen LogP contribution is 2.55. The summed E-state index contributed by atoms with van der Waals surface area (Å²) in [4.78, 5) is 17.1. The maximum absolute atomic E-state index is 13.6. The highest BCUT2D eigenvalue weighted by Gasteiger charge is 2.45. The highest BCUT2D eigenvalue weighted by atomic mass is 35.5. The van der Waals surface area contributed by atoms with E-state index >= 15 is 0 Å². The van der Waals surface area contributed by atoms with Gasteiger partial charge in [0.25, 0.3) is 0 Å². The summed E-state index contributed by atoms with van der Waals surface area (Å²) in [6.07, 6.45) is 6.25. The Morgan fingerprint density at radius 1 is 1.00 bits per heavy atom. The van der Waals surface area contributed by atoms with E-state index in [4.69, 9.17) is 21.4 Å².